The molecule has 1 fully saturated rings. The zero-order chi connectivity index (χ0) is 56.6. The van der Waals surface area contributed by atoms with Gasteiger partial charge in [-0.3, -0.25) is 58.5 Å². The van der Waals surface area contributed by atoms with Crippen LogP contribution in [0.3, 0.4) is 0 Å². The van der Waals surface area contributed by atoms with Crippen molar-refractivity contribution < 1.29 is 53.4 Å². The standard InChI is InChI=1S/C49H69N17O11/c1-26(67)60-33(10-5-19-57-48(52)53)42(72)63-35-16-17-39(68)56-18-4-9-32(41(51)71)61-46(76)37(22-29-25-59-31-8-3-2-7-30(29)31)65-43(73)34(11-6-20-58-49(54)55)62-45(75)36(21-27-12-14-28(24-50)15-13-27)64-47(77)38(23-40(69)70)66-44(35)74/h2-3,7-8,12-15,25,32-38,43,59,65,73H,4-6,9-11,16-23H2,1H3,(H2,51,71)(H,56,68)(H,60,67)(H,61,76)(H,62,75)(H,63,72)(H,64,77)(H,66,74)(H,69,70)(H4,52,53,57)(H4,54,55,58). The Labute approximate surface area is 442 Å². The van der Waals surface area contributed by atoms with Crippen molar-refractivity contribution in [2.75, 3.05) is 19.6 Å². The van der Waals surface area contributed by atoms with Crippen LogP contribution in [0.1, 0.15) is 81.4 Å². The molecule has 8 amide bonds. The van der Waals surface area contributed by atoms with Gasteiger partial charge in [-0.05, 0) is 80.7 Å². The van der Waals surface area contributed by atoms with E-state index in [0.717, 1.165) is 17.8 Å². The fourth-order valence-electron chi connectivity index (χ4n) is 8.29. The summed E-state index contributed by atoms with van der Waals surface area (Å²) in [6.07, 6.45) is -2.14. The number of carboxylic acids is 1. The molecule has 8 atom stereocenters. The number of carbonyl (C=O) groups is 9. The first-order valence-corrected chi connectivity index (χ1v) is 24.8. The van der Waals surface area contributed by atoms with E-state index >= 15 is 0 Å². The summed E-state index contributed by atoms with van der Waals surface area (Å²) in [5, 5.41) is 53.0. The summed E-state index contributed by atoms with van der Waals surface area (Å²) in [4.78, 5) is 133. The number of benzene rings is 2. The van der Waals surface area contributed by atoms with Crippen LogP contribution in [-0.2, 0) is 56.0 Å². The maximum Gasteiger partial charge on any atom is 0.305 e. The van der Waals surface area contributed by atoms with Crippen LogP contribution in [0.15, 0.2) is 64.7 Å². The molecule has 21 N–H and O–H groups in total. The van der Waals surface area contributed by atoms with Crippen LogP contribution in [0, 0.1) is 11.3 Å². The van der Waals surface area contributed by atoms with Gasteiger partial charge >= 0.3 is 5.97 Å². The van der Waals surface area contributed by atoms with Crippen molar-refractivity contribution >= 4 is 76.0 Å². The summed E-state index contributed by atoms with van der Waals surface area (Å²) in [5.41, 5.74) is 29.7. The number of nitrogens with one attached hydrogen (secondary N) is 9. The third-order valence-electron chi connectivity index (χ3n) is 12.2. The highest BCUT2D eigenvalue weighted by Gasteiger charge is 2.35. The zero-order valence-electron chi connectivity index (χ0n) is 42.5. The van der Waals surface area contributed by atoms with Gasteiger partial charge in [-0.2, -0.15) is 5.26 Å². The maximum absolute atomic E-state index is 14.6. The van der Waals surface area contributed by atoms with E-state index in [-0.39, 0.29) is 88.5 Å². The molecule has 3 aromatic rings. The molecular weight excluding hydrogens is 1000 g/mol. The maximum atomic E-state index is 14.6. The molecule has 0 aliphatic carbocycles. The lowest BCUT2D eigenvalue weighted by Gasteiger charge is -2.31. The van der Waals surface area contributed by atoms with E-state index < -0.39 is 121 Å². The van der Waals surface area contributed by atoms with Crippen LogP contribution in [-0.4, -0.2) is 148 Å². The Morgan fingerprint density at radius 2 is 1.45 bits per heavy atom. The van der Waals surface area contributed by atoms with Gasteiger partial charge < -0.3 is 81.1 Å². The molecule has 0 radical (unpaired) electrons. The first-order chi connectivity index (χ1) is 36.6. The Morgan fingerprint density at radius 1 is 0.805 bits per heavy atom. The summed E-state index contributed by atoms with van der Waals surface area (Å²) in [6.45, 7) is 1.18. The van der Waals surface area contributed by atoms with E-state index in [1.807, 2.05) is 24.3 Å². The van der Waals surface area contributed by atoms with Gasteiger partial charge in [0, 0.05) is 56.5 Å². The second-order valence-electron chi connectivity index (χ2n) is 18.3. The molecule has 0 bridgehead atoms. The number of para-hydroxylation sites is 1. The van der Waals surface area contributed by atoms with Gasteiger partial charge in [0.15, 0.2) is 11.9 Å². The summed E-state index contributed by atoms with van der Waals surface area (Å²) >= 11 is 0. The molecule has 1 aliphatic heterocycles. The third-order valence-corrected chi connectivity index (χ3v) is 12.2. The van der Waals surface area contributed by atoms with Crippen molar-refractivity contribution in [1.29, 1.82) is 5.26 Å². The predicted molar refractivity (Wildman–Crippen MR) is 280 cm³/mol. The highest BCUT2D eigenvalue weighted by atomic mass is 16.4. The summed E-state index contributed by atoms with van der Waals surface area (Å²) < 4.78 is 0. The van der Waals surface area contributed by atoms with Gasteiger partial charge in [0.1, 0.15) is 36.4 Å². The molecular formula is C49H69N17O11. The van der Waals surface area contributed by atoms with Crippen molar-refractivity contribution in [3.05, 3.63) is 71.4 Å². The number of nitriles is 1. The molecule has 0 spiro atoms. The average Bonchev–Trinajstić information content (AvgIpc) is 3.79. The number of aliphatic hydroxyl groups is 1. The SMILES string of the molecule is CC(=O)NC(CCCN=C(N)N)C(=O)NC1CCC(=O)NCCCC(C(N)=O)NC(=O)C(Cc2c[nH]c3ccccc23)NC(O)C(CCCN=C(N)N)NC(=O)C(Cc2ccc(C#N)cc2)NC(=O)C(CC(=O)O)NC1=O. The molecule has 2 aromatic carbocycles. The minimum absolute atomic E-state index is 0.0224. The number of carbonyl (C=O) groups excluding carboxylic acids is 8. The number of nitrogens with zero attached hydrogens (tertiary/aromatic N) is 3. The highest BCUT2D eigenvalue weighted by Crippen LogP contribution is 2.20. The van der Waals surface area contributed by atoms with Gasteiger partial charge in [0.25, 0.3) is 0 Å². The molecule has 1 aromatic heterocycles. The van der Waals surface area contributed by atoms with Crippen LogP contribution in [0.2, 0.25) is 0 Å². The Morgan fingerprint density at radius 3 is 2.10 bits per heavy atom. The van der Waals surface area contributed by atoms with Gasteiger partial charge in [0.05, 0.1) is 30.1 Å². The summed E-state index contributed by atoms with van der Waals surface area (Å²) in [6, 6.07) is 4.81. The van der Waals surface area contributed by atoms with E-state index in [0.29, 0.717) is 11.1 Å². The molecule has 0 saturated carbocycles. The number of H-pyrrole nitrogens is 1. The Hall–Kier alpha value is -8.84. The molecule has 416 valence electrons. The number of aliphatic hydroxyl groups excluding tert-OH is 1. The number of aliphatic imine (C=N–C) groups is 2. The molecule has 28 nitrogen and oxygen atoms in total. The number of fused-ring (bicyclic) bond motifs is 1. The Bertz CT molecular complexity index is 2660. The number of hydrogen-bond acceptors (Lipinski definition) is 14. The number of guanidine groups is 2. The van der Waals surface area contributed by atoms with Crippen LogP contribution >= 0.6 is 0 Å². The van der Waals surface area contributed by atoms with Crippen LogP contribution in [0.4, 0.5) is 0 Å². The van der Waals surface area contributed by atoms with Crippen molar-refractivity contribution in [2.24, 2.45) is 38.7 Å². The average molecular weight is 1070 g/mol. The highest BCUT2D eigenvalue weighted by molar-refractivity contribution is 5.97. The number of nitrogens with two attached hydrogens (primary N) is 5. The molecule has 77 heavy (non-hydrogen) atoms. The summed E-state index contributed by atoms with van der Waals surface area (Å²) in [7, 11) is 0. The lowest BCUT2D eigenvalue weighted by molar-refractivity contribution is -0.141. The molecule has 2 heterocycles. The van der Waals surface area contributed by atoms with E-state index in [1.54, 1.807) is 12.3 Å². The predicted octanol–water partition coefficient (Wildman–Crippen LogP) is -4.21. The molecule has 28 heteroatoms. The number of hydrogen-bond donors (Lipinski definition) is 16. The molecule has 8 unspecified atom stereocenters. The van der Waals surface area contributed by atoms with E-state index in [4.69, 9.17) is 28.7 Å². The number of rotatable bonds is 18. The lowest BCUT2D eigenvalue weighted by Crippen LogP contribution is -2.61. The Balaban J connectivity index is 1.80. The third kappa shape index (κ3) is 20.8. The minimum atomic E-state index is -1.93. The topological polar surface area (TPSA) is 485 Å². The zero-order valence-corrected chi connectivity index (χ0v) is 42.5. The number of amides is 8. The largest absolute Gasteiger partial charge is 0.481 e. The van der Waals surface area contributed by atoms with E-state index in [2.05, 4.69) is 57.5 Å². The lowest BCUT2D eigenvalue weighted by atomic mass is 10.0. The van der Waals surface area contributed by atoms with Crippen LogP contribution in [0.5, 0.6) is 0 Å². The van der Waals surface area contributed by atoms with Gasteiger partial charge in [0.2, 0.25) is 47.3 Å². The number of carboxylic acid groups (broad SMARTS) is 1. The number of aromatic amines is 1. The molecule has 1 saturated heterocycles. The number of aromatic nitrogens is 1. The number of aliphatic carboxylic acids is 1. The van der Waals surface area contributed by atoms with Gasteiger partial charge in [-0.1, -0.05) is 30.3 Å². The van der Waals surface area contributed by atoms with Crippen molar-refractivity contribution in [1.82, 2.24) is 47.5 Å². The molecule has 4 rings (SSSR count). The van der Waals surface area contributed by atoms with E-state index in [1.165, 1.54) is 24.3 Å². The van der Waals surface area contributed by atoms with Gasteiger partial charge in [-0.15, -0.1) is 0 Å². The fraction of sp³-hybridized carbons (Fsp3) is 0.469. The second-order valence-corrected chi connectivity index (χ2v) is 18.3. The van der Waals surface area contributed by atoms with Gasteiger partial charge in [-0.25, -0.2) is 0 Å². The second kappa shape index (κ2) is 30.5. The van der Waals surface area contributed by atoms with Crippen LogP contribution in [0.25, 0.3) is 10.9 Å². The Kier molecular flexibility index (Phi) is 24.1. The molecule has 1 aliphatic rings. The smallest absolute Gasteiger partial charge is 0.305 e. The summed E-state index contributed by atoms with van der Waals surface area (Å²) in [5.74, 6) is -9.12. The first-order valence-electron chi connectivity index (χ1n) is 24.8. The normalized spacial score (nSPS) is 21.7. The fourth-order valence-corrected chi connectivity index (χ4v) is 8.29. The monoisotopic (exact) mass is 1070 g/mol. The van der Waals surface area contributed by atoms with Crippen LogP contribution < -0.4 is 71.2 Å². The van der Waals surface area contributed by atoms with Crippen molar-refractivity contribution in [3.63, 3.8) is 0 Å². The van der Waals surface area contributed by atoms with E-state index in [9.17, 15) is 58.6 Å². The van der Waals surface area contributed by atoms with Crippen molar-refractivity contribution in [3.8, 4) is 6.07 Å². The van der Waals surface area contributed by atoms with Crippen molar-refractivity contribution in [2.45, 2.75) is 126 Å². The number of primary amides is 1. The minimum Gasteiger partial charge on any atom is -0.481 e. The quantitative estimate of drug-likeness (QED) is 0.0326. The first kappa shape index (κ1) is 60.7.